The van der Waals surface area contributed by atoms with Gasteiger partial charge in [0.1, 0.15) is 12.4 Å². The highest BCUT2D eigenvalue weighted by Gasteiger charge is 2.37. The Kier molecular flexibility index (Phi) is 4.80. The number of benzene rings is 1. The molecule has 4 nitrogen and oxygen atoms in total. The minimum absolute atomic E-state index is 0.339. The SMILES string of the molecule is CC[C@H]1CN(C(=O)C2CC2)CC[C@@H]1NCC1=Cc2ccccc2OC1. The standard InChI is InChI=1S/C21H28N2O2/c1-2-16-13-23(21(24)17-7-8-17)10-9-19(16)22-12-15-11-18-5-3-4-6-20(18)25-14-15/h3-6,11,16-17,19,22H,2,7-10,12-14H2,1H3/t16-,19-/m0/s1. The van der Waals surface area contributed by atoms with Gasteiger partial charge in [0, 0.05) is 37.2 Å². The Morgan fingerprint density at radius 3 is 2.92 bits per heavy atom. The average Bonchev–Trinajstić information content (AvgIpc) is 3.50. The van der Waals surface area contributed by atoms with Crippen LogP contribution in [0.4, 0.5) is 0 Å². The molecule has 134 valence electrons. The van der Waals surface area contributed by atoms with E-state index >= 15 is 0 Å². The fraction of sp³-hybridized carbons (Fsp3) is 0.571. The number of nitrogens with zero attached hydrogens (tertiary/aromatic N) is 1. The number of rotatable bonds is 5. The summed E-state index contributed by atoms with van der Waals surface area (Å²) < 4.78 is 5.85. The molecule has 1 aromatic carbocycles. The third kappa shape index (κ3) is 3.74. The molecule has 0 spiro atoms. The predicted octanol–water partition coefficient (Wildman–Crippen LogP) is 3.09. The number of piperidine rings is 1. The van der Waals surface area contributed by atoms with E-state index in [1.807, 2.05) is 12.1 Å². The van der Waals surface area contributed by atoms with E-state index in [0.717, 1.165) is 51.1 Å². The van der Waals surface area contributed by atoms with E-state index in [4.69, 9.17) is 4.74 Å². The van der Waals surface area contributed by atoms with Crippen LogP contribution >= 0.6 is 0 Å². The minimum atomic E-state index is 0.339. The predicted molar refractivity (Wildman–Crippen MR) is 99.4 cm³/mol. The molecule has 1 N–H and O–H groups in total. The number of hydrogen-bond donors (Lipinski definition) is 1. The van der Waals surface area contributed by atoms with Crippen molar-refractivity contribution in [1.29, 1.82) is 0 Å². The van der Waals surface area contributed by atoms with Crippen molar-refractivity contribution in [3.63, 3.8) is 0 Å². The topological polar surface area (TPSA) is 41.6 Å². The van der Waals surface area contributed by atoms with Crippen LogP contribution < -0.4 is 10.1 Å². The maximum atomic E-state index is 12.3. The summed E-state index contributed by atoms with van der Waals surface area (Å²) in [5, 5.41) is 3.74. The van der Waals surface area contributed by atoms with Gasteiger partial charge in [-0.05, 0) is 42.9 Å². The minimum Gasteiger partial charge on any atom is -0.489 e. The van der Waals surface area contributed by atoms with E-state index in [1.165, 1.54) is 11.1 Å². The summed E-state index contributed by atoms with van der Waals surface area (Å²) in [4.78, 5) is 14.4. The van der Waals surface area contributed by atoms with Gasteiger partial charge >= 0.3 is 0 Å². The van der Waals surface area contributed by atoms with Gasteiger partial charge in [-0.2, -0.15) is 0 Å². The molecule has 2 aliphatic heterocycles. The third-order valence-corrected chi connectivity index (χ3v) is 5.78. The maximum Gasteiger partial charge on any atom is 0.225 e. The Hall–Kier alpha value is -1.81. The highest BCUT2D eigenvalue weighted by atomic mass is 16.5. The van der Waals surface area contributed by atoms with E-state index in [1.54, 1.807) is 0 Å². The summed E-state index contributed by atoms with van der Waals surface area (Å²) in [6, 6.07) is 8.68. The number of carbonyl (C=O) groups excluding carboxylic acids is 1. The van der Waals surface area contributed by atoms with Gasteiger partial charge in [-0.3, -0.25) is 4.79 Å². The van der Waals surface area contributed by atoms with Gasteiger partial charge in [-0.1, -0.05) is 31.5 Å². The van der Waals surface area contributed by atoms with Crippen LogP contribution in [0.25, 0.3) is 6.08 Å². The fourth-order valence-electron chi connectivity index (χ4n) is 4.03. The second-order valence-electron chi connectivity index (χ2n) is 7.63. The first-order chi connectivity index (χ1) is 12.2. The maximum absolute atomic E-state index is 12.3. The van der Waals surface area contributed by atoms with Crippen molar-refractivity contribution in [3.05, 3.63) is 35.4 Å². The Morgan fingerprint density at radius 2 is 2.12 bits per heavy atom. The van der Waals surface area contributed by atoms with Crippen molar-refractivity contribution < 1.29 is 9.53 Å². The molecule has 4 rings (SSSR count). The molecular formula is C21H28N2O2. The molecule has 2 atom stereocenters. The Balaban J connectivity index is 1.33. The van der Waals surface area contributed by atoms with Crippen LogP contribution in [0.1, 0.15) is 38.2 Å². The molecule has 0 unspecified atom stereocenters. The number of amides is 1. The van der Waals surface area contributed by atoms with Gasteiger partial charge in [0.2, 0.25) is 5.91 Å². The number of hydrogen-bond acceptors (Lipinski definition) is 3. The lowest BCUT2D eigenvalue weighted by Gasteiger charge is -2.39. The molecule has 2 heterocycles. The van der Waals surface area contributed by atoms with Crippen LogP contribution in [0.3, 0.4) is 0 Å². The highest BCUT2D eigenvalue weighted by molar-refractivity contribution is 5.81. The lowest BCUT2D eigenvalue weighted by atomic mass is 9.89. The van der Waals surface area contributed by atoms with Gasteiger partial charge in [-0.25, -0.2) is 0 Å². The number of nitrogens with one attached hydrogen (secondary N) is 1. The Labute approximate surface area is 150 Å². The van der Waals surface area contributed by atoms with E-state index in [0.29, 0.717) is 30.4 Å². The normalized spacial score (nSPS) is 25.8. The van der Waals surface area contributed by atoms with Crippen LogP contribution in [0.2, 0.25) is 0 Å². The molecule has 0 radical (unpaired) electrons. The molecular weight excluding hydrogens is 312 g/mol. The van der Waals surface area contributed by atoms with E-state index in [-0.39, 0.29) is 0 Å². The summed E-state index contributed by atoms with van der Waals surface area (Å²) in [5.41, 5.74) is 2.47. The number of ether oxygens (including phenoxy) is 1. The molecule has 2 fully saturated rings. The van der Waals surface area contributed by atoms with Gasteiger partial charge in [0.25, 0.3) is 0 Å². The van der Waals surface area contributed by atoms with Crippen molar-refractivity contribution in [1.82, 2.24) is 10.2 Å². The van der Waals surface area contributed by atoms with Crippen molar-refractivity contribution >= 4 is 12.0 Å². The second kappa shape index (κ2) is 7.20. The quantitative estimate of drug-likeness (QED) is 0.895. The number of para-hydroxylation sites is 1. The van der Waals surface area contributed by atoms with Crippen LogP contribution in [-0.4, -0.2) is 43.1 Å². The van der Waals surface area contributed by atoms with Crippen molar-refractivity contribution in [2.24, 2.45) is 11.8 Å². The van der Waals surface area contributed by atoms with Crippen LogP contribution in [0, 0.1) is 11.8 Å². The average molecular weight is 340 g/mol. The van der Waals surface area contributed by atoms with Gasteiger partial charge < -0.3 is 15.0 Å². The largest absolute Gasteiger partial charge is 0.489 e. The summed E-state index contributed by atoms with van der Waals surface area (Å²) in [5.74, 6) is 2.27. The molecule has 25 heavy (non-hydrogen) atoms. The Morgan fingerprint density at radius 1 is 1.28 bits per heavy atom. The first kappa shape index (κ1) is 16.6. The lowest BCUT2D eigenvalue weighted by Crippen LogP contribution is -2.51. The fourth-order valence-corrected chi connectivity index (χ4v) is 4.03. The molecule has 0 bridgehead atoms. The van der Waals surface area contributed by atoms with E-state index in [2.05, 4.69) is 35.3 Å². The number of carbonyl (C=O) groups is 1. The molecule has 1 aliphatic carbocycles. The monoisotopic (exact) mass is 340 g/mol. The molecule has 3 aliphatic rings. The summed E-state index contributed by atoms with van der Waals surface area (Å²) in [6.07, 6.45) is 6.62. The second-order valence-corrected chi connectivity index (χ2v) is 7.63. The third-order valence-electron chi connectivity index (χ3n) is 5.78. The lowest BCUT2D eigenvalue weighted by molar-refractivity contribution is -0.134. The van der Waals surface area contributed by atoms with E-state index < -0.39 is 0 Å². The zero-order valence-electron chi connectivity index (χ0n) is 15.0. The van der Waals surface area contributed by atoms with Crippen LogP contribution in [0.15, 0.2) is 29.8 Å². The first-order valence-corrected chi connectivity index (χ1v) is 9.68. The zero-order chi connectivity index (χ0) is 17.2. The number of fused-ring (bicyclic) bond motifs is 1. The van der Waals surface area contributed by atoms with Gasteiger partial charge in [0.05, 0.1) is 0 Å². The molecule has 1 aromatic rings. The smallest absolute Gasteiger partial charge is 0.225 e. The molecule has 4 heteroatoms. The van der Waals surface area contributed by atoms with Crippen molar-refractivity contribution in [2.75, 3.05) is 26.2 Å². The van der Waals surface area contributed by atoms with Gasteiger partial charge in [0.15, 0.2) is 0 Å². The summed E-state index contributed by atoms with van der Waals surface area (Å²) in [6.45, 7) is 5.60. The zero-order valence-corrected chi connectivity index (χ0v) is 15.0. The van der Waals surface area contributed by atoms with Crippen molar-refractivity contribution in [2.45, 2.75) is 38.6 Å². The first-order valence-electron chi connectivity index (χ1n) is 9.68. The molecule has 1 saturated carbocycles. The van der Waals surface area contributed by atoms with E-state index in [9.17, 15) is 4.79 Å². The molecule has 0 aromatic heterocycles. The highest BCUT2D eigenvalue weighted by Crippen LogP contribution is 2.33. The summed E-state index contributed by atoms with van der Waals surface area (Å²) >= 11 is 0. The van der Waals surface area contributed by atoms with Crippen LogP contribution in [-0.2, 0) is 4.79 Å². The number of likely N-dealkylation sites (tertiary alicyclic amines) is 1. The van der Waals surface area contributed by atoms with Crippen LogP contribution in [0.5, 0.6) is 5.75 Å². The van der Waals surface area contributed by atoms with Crippen molar-refractivity contribution in [3.8, 4) is 5.75 Å². The summed E-state index contributed by atoms with van der Waals surface area (Å²) in [7, 11) is 0. The molecule has 1 saturated heterocycles. The molecule has 1 amide bonds. The Bertz CT molecular complexity index is 666. The van der Waals surface area contributed by atoms with Gasteiger partial charge in [-0.15, -0.1) is 0 Å².